The van der Waals surface area contributed by atoms with Crippen LogP contribution in [0.5, 0.6) is 0 Å². The molecule has 2 aromatic rings. The summed E-state index contributed by atoms with van der Waals surface area (Å²) in [7, 11) is 0. The lowest BCUT2D eigenvalue weighted by molar-refractivity contribution is 0.0659. The summed E-state index contributed by atoms with van der Waals surface area (Å²) in [6.45, 7) is 1.71. The van der Waals surface area contributed by atoms with Crippen molar-refractivity contribution in [3.05, 3.63) is 29.5 Å². The molecule has 0 bridgehead atoms. The van der Waals surface area contributed by atoms with Crippen molar-refractivity contribution in [2.75, 3.05) is 0 Å². The number of hydrogen-bond donors (Lipinski definition) is 1. The monoisotopic (exact) mass is 256 g/mol. The van der Waals surface area contributed by atoms with E-state index in [-0.39, 0.29) is 5.76 Å². The van der Waals surface area contributed by atoms with Crippen molar-refractivity contribution in [2.45, 2.75) is 17.0 Å². The van der Waals surface area contributed by atoms with Gasteiger partial charge in [0, 0.05) is 5.56 Å². The number of rotatable bonds is 4. The Labute approximate surface area is 99.7 Å². The van der Waals surface area contributed by atoms with Crippen LogP contribution in [0.3, 0.4) is 0 Å². The fourth-order valence-electron chi connectivity index (χ4n) is 1.19. The van der Waals surface area contributed by atoms with Gasteiger partial charge in [0.2, 0.25) is 5.76 Å². The van der Waals surface area contributed by atoms with Crippen LogP contribution in [-0.2, 0) is 5.75 Å². The Hall–Kier alpha value is -1.34. The molecule has 2 heterocycles. The lowest BCUT2D eigenvalue weighted by atomic mass is 10.3. The number of hydrogen-bond acceptors (Lipinski definition) is 6. The highest BCUT2D eigenvalue weighted by Crippen LogP contribution is 2.25. The van der Waals surface area contributed by atoms with E-state index in [2.05, 4.69) is 9.36 Å². The van der Waals surface area contributed by atoms with Crippen molar-refractivity contribution in [3.63, 3.8) is 0 Å². The van der Waals surface area contributed by atoms with Crippen LogP contribution in [0.2, 0.25) is 0 Å². The van der Waals surface area contributed by atoms with Gasteiger partial charge in [0.1, 0.15) is 12.1 Å². The highest BCUT2D eigenvalue weighted by Gasteiger charge is 2.14. The van der Waals surface area contributed by atoms with Gasteiger partial charge in [-0.05, 0) is 24.5 Å². The maximum atomic E-state index is 10.7. The van der Waals surface area contributed by atoms with Gasteiger partial charge in [-0.3, -0.25) is 0 Å². The number of nitrogens with zero attached hydrogens (tertiary/aromatic N) is 2. The summed E-state index contributed by atoms with van der Waals surface area (Å²) in [5.74, 6) is 0.163. The van der Waals surface area contributed by atoms with E-state index >= 15 is 0 Å². The van der Waals surface area contributed by atoms with Crippen LogP contribution in [0.15, 0.2) is 21.2 Å². The number of furan rings is 1. The maximum Gasteiger partial charge on any atom is 0.372 e. The number of carboxylic acid groups (broad SMARTS) is 1. The van der Waals surface area contributed by atoms with Gasteiger partial charge in [0.25, 0.3) is 0 Å². The largest absolute Gasteiger partial charge is 0.475 e. The van der Waals surface area contributed by atoms with Crippen LogP contribution in [0, 0.1) is 6.92 Å². The molecule has 1 N–H and O–H groups in total. The van der Waals surface area contributed by atoms with E-state index in [0.29, 0.717) is 17.1 Å². The fraction of sp³-hybridized carbons (Fsp3) is 0.222. The molecule has 2 rings (SSSR count). The van der Waals surface area contributed by atoms with Crippen molar-refractivity contribution in [1.82, 2.24) is 9.36 Å². The fourth-order valence-corrected chi connectivity index (χ4v) is 2.52. The van der Waals surface area contributed by atoms with Gasteiger partial charge in [0.15, 0.2) is 4.34 Å². The maximum absolute atomic E-state index is 10.7. The van der Waals surface area contributed by atoms with Crippen molar-refractivity contribution in [1.29, 1.82) is 0 Å². The van der Waals surface area contributed by atoms with Gasteiger partial charge < -0.3 is 9.52 Å². The molecule has 0 saturated heterocycles. The smallest absolute Gasteiger partial charge is 0.372 e. The summed E-state index contributed by atoms with van der Waals surface area (Å²) < 4.78 is 9.92. The topological polar surface area (TPSA) is 76.2 Å². The van der Waals surface area contributed by atoms with Crippen LogP contribution < -0.4 is 0 Å². The van der Waals surface area contributed by atoms with Crippen LogP contribution in [-0.4, -0.2) is 20.4 Å². The molecule has 0 spiro atoms. The molecule has 0 radical (unpaired) electrons. The minimum Gasteiger partial charge on any atom is -0.475 e. The first-order valence-corrected chi connectivity index (χ1v) is 6.15. The first-order valence-electron chi connectivity index (χ1n) is 4.39. The summed E-state index contributed by atoms with van der Waals surface area (Å²) in [5, 5.41) is 8.81. The predicted octanol–water partition coefficient (Wildman–Crippen LogP) is 2.43. The van der Waals surface area contributed by atoms with E-state index in [1.54, 1.807) is 13.0 Å². The molecule has 0 aliphatic heterocycles. The van der Waals surface area contributed by atoms with Gasteiger partial charge >= 0.3 is 5.97 Å². The number of aryl methyl sites for hydroxylation is 1. The van der Waals surface area contributed by atoms with E-state index in [0.717, 1.165) is 4.34 Å². The Morgan fingerprint density at radius 1 is 1.69 bits per heavy atom. The molecule has 0 aromatic carbocycles. The number of aromatic carboxylic acids is 1. The van der Waals surface area contributed by atoms with Crippen molar-refractivity contribution in [2.24, 2.45) is 0 Å². The second kappa shape index (κ2) is 4.67. The first-order chi connectivity index (χ1) is 7.66. The number of thioether (sulfide) groups is 1. The molecule has 84 valence electrons. The van der Waals surface area contributed by atoms with E-state index in [1.165, 1.54) is 29.6 Å². The quantitative estimate of drug-likeness (QED) is 0.847. The van der Waals surface area contributed by atoms with Gasteiger partial charge in [-0.25, -0.2) is 9.78 Å². The number of carbonyl (C=O) groups is 1. The third-order valence-corrected chi connectivity index (χ3v) is 3.66. The molecular weight excluding hydrogens is 248 g/mol. The molecule has 0 aliphatic carbocycles. The second-order valence-electron chi connectivity index (χ2n) is 3.03. The average Bonchev–Trinajstić information content (AvgIpc) is 2.83. The molecule has 7 heteroatoms. The van der Waals surface area contributed by atoms with E-state index < -0.39 is 5.97 Å². The predicted molar refractivity (Wildman–Crippen MR) is 59.9 cm³/mol. The van der Waals surface area contributed by atoms with Crippen LogP contribution >= 0.6 is 23.3 Å². The summed E-state index contributed by atoms with van der Waals surface area (Å²) in [4.78, 5) is 14.8. The van der Waals surface area contributed by atoms with Crippen molar-refractivity contribution in [3.8, 4) is 0 Å². The SMILES string of the molecule is Cc1cc(CSc2ncns2)oc1C(=O)O. The molecular formula is C9H8N2O3S2. The average molecular weight is 256 g/mol. The summed E-state index contributed by atoms with van der Waals surface area (Å²) in [6, 6.07) is 1.73. The number of aromatic nitrogens is 2. The summed E-state index contributed by atoms with van der Waals surface area (Å²) in [6.07, 6.45) is 1.49. The molecule has 2 aromatic heterocycles. The summed E-state index contributed by atoms with van der Waals surface area (Å²) >= 11 is 2.78. The van der Waals surface area contributed by atoms with Crippen molar-refractivity contribution < 1.29 is 14.3 Å². The standard InChI is InChI=1S/C9H8N2O3S2/c1-5-2-6(14-7(5)8(12)13)3-15-9-10-4-11-16-9/h2,4H,3H2,1H3,(H,12,13). The van der Waals surface area contributed by atoms with Crippen LogP contribution in [0.4, 0.5) is 0 Å². The van der Waals surface area contributed by atoms with E-state index in [1.807, 2.05) is 0 Å². The summed E-state index contributed by atoms with van der Waals surface area (Å²) in [5.41, 5.74) is 0.639. The van der Waals surface area contributed by atoms with Crippen molar-refractivity contribution >= 4 is 29.3 Å². The van der Waals surface area contributed by atoms with E-state index in [4.69, 9.17) is 9.52 Å². The molecule has 0 unspecified atom stereocenters. The minimum absolute atomic E-state index is 0.00728. The lowest BCUT2D eigenvalue weighted by Crippen LogP contribution is -1.94. The highest BCUT2D eigenvalue weighted by molar-refractivity contribution is 8.00. The zero-order chi connectivity index (χ0) is 11.5. The van der Waals surface area contributed by atoms with Gasteiger partial charge in [0.05, 0.1) is 5.75 Å². The Morgan fingerprint density at radius 3 is 3.06 bits per heavy atom. The Morgan fingerprint density at radius 2 is 2.50 bits per heavy atom. The molecule has 0 atom stereocenters. The Balaban J connectivity index is 2.05. The molecule has 0 aliphatic rings. The molecule has 5 nitrogen and oxygen atoms in total. The molecule has 0 saturated carbocycles. The second-order valence-corrected chi connectivity index (χ2v) is 5.03. The minimum atomic E-state index is -1.04. The number of carboxylic acids is 1. The zero-order valence-electron chi connectivity index (χ0n) is 8.34. The first kappa shape index (κ1) is 11.2. The zero-order valence-corrected chi connectivity index (χ0v) is 9.97. The lowest BCUT2D eigenvalue weighted by Gasteiger charge is -1.92. The Kier molecular flexibility index (Phi) is 3.25. The van der Waals surface area contributed by atoms with Gasteiger partial charge in [-0.2, -0.15) is 4.37 Å². The van der Waals surface area contributed by atoms with Crippen LogP contribution in [0.25, 0.3) is 0 Å². The highest BCUT2D eigenvalue weighted by atomic mass is 32.2. The molecule has 16 heavy (non-hydrogen) atoms. The molecule has 0 amide bonds. The normalized spacial score (nSPS) is 10.6. The molecule has 0 fully saturated rings. The third-order valence-electron chi connectivity index (χ3n) is 1.84. The van der Waals surface area contributed by atoms with Crippen LogP contribution in [0.1, 0.15) is 21.9 Å². The van der Waals surface area contributed by atoms with Gasteiger partial charge in [-0.15, -0.1) is 0 Å². The van der Waals surface area contributed by atoms with E-state index in [9.17, 15) is 4.79 Å². The van der Waals surface area contributed by atoms with Gasteiger partial charge in [-0.1, -0.05) is 11.8 Å². The Bertz CT molecular complexity index is 493. The third kappa shape index (κ3) is 2.42.